The Kier molecular flexibility index (Phi) is 3.21. The zero-order valence-electron chi connectivity index (χ0n) is 12.6. The van der Waals surface area contributed by atoms with Crippen molar-refractivity contribution in [3.8, 4) is 0 Å². The van der Waals surface area contributed by atoms with E-state index < -0.39 is 12.6 Å². The van der Waals surface area contributed by atoms with Crippen LogP contribution in [-0.4, -0.2) is 18.3 Å². The Morgan fingerprint density at radius 2 is 1.60 bits per heavy atom. The van der Waals surface area contributed by atoms with Crippen LogP contribution >= 0.6 is 0 Å². The van der Waals surface area contributed by atoms with Crippen LogP contribution in [0.3, 0.4) is 0 Å². The van der Waals surface area contributed by atoms with E-state index in [0.29, 0.717) is 17.4 Å². The van der Waals surface area contributed by atoms with Crippen LogP contribution in [0.15, 0.2) is 0 Å². The average Bonchev–Trinajstić information content (AvgIpc) is 2.17. The van der Waals surface area contributed by atoms with E-state index in [1.54, 1.807) is 0 Å². The molecule has 0 aliphatic heterocycles. The number of nitrogens with one attached hydrogen (secondary N) is 1. The largest absolute Gasteiger partial charge is 0.389 e. The maximum atomic E-state index is 12.2. The van der Waals surface area contributed by atoms with Crippen molar-refractivity contribution in [3.63, 3.8) is 0 Å². The lowest BCUT2D eigenvalue weighted by molar-refractivity contribution is -0.137. The molecule has 4 aliphatic carbocycles. The summed E-state index contributed by atoms with van der Waals surface area (Å²) < 4.78 is 36.7. The van der Waals surface area contributed by atoms with E-state index >= 15 is 0 Å². The highest BCUT2D eigenvalue weighted by Gasteiger charge is 2.59. The van der Waals surface area contributed by atoms with Crippen molar-refractivity contribution in [2.24, 2.45) is 16.7 Å². The summed E-state index contributed by atoms with van der Waals surface area (Å²) in [5.74, 6) is 0.788. The molecule has 1 nitrogen and oxygen atoms in total. The molecule has 2 atom stereocenters. The molecule has 2 unspecified atom stereocenters. The number of hydrogen-bond donors (Lipinski definition) is 1. The Balaban J connectivity index is 1.61. The first-order chi connectivity index (χ1) is 9.11. The molecule has 0 aromatic heterocycles. The molecule has 0 aromatic carbocycles. The SMILES string of the molecule is CC12CC3CC(C)(C1)CC(NCCCC(F)(F)F)(C3)C2. The molecule has 4 fully saturated rings. The third-order valence-corrected chi connectivity index (χ3v) is 5.76. The lowest BCUT2D eigenvalue weighted by Crippen LogP contribution is -2.64. The van der Waals surface area contributed by atoms with Crippen LogP contribution in [0.4, 0.5) is 13.2 Å². The van der Waals surface area contributed by atoms with E-state index in [-0.39, 0.29) is 12.0 Å². The molecular weight excluding hydrogens is 263 g/mol. The maximum absolute atomic E-state index is 12.2. The second-order valence-corrected chi connectivity index (χ2v) is 8.56. The zero-order chi connectivity index (χ0) is 14.6. The van der Waals surface area contributed by atoms with Gasteiger partial charge in [-0.25, -0.2) is 0 Å². The van der Waals surface area contributed by atoms with Gasteiger partial charge in [-0.3, -0.25) is 0 Å². The van der Waals surface area contributed by atoms with Crippen LogP contribution in [0.25, 0.3) is 0 Å². The first-order valence-electron chi connectivity index (χ1n) is 7.93. The summed E-state index contributed by atoms with van der Waals surface area (Å²) in [6.45, 7) is 5.29. The highest BCUT2D eigenvalue weighted by Crippen LogP contribution is 2.66. The number of alkyl halides is 3. The van der Waals surface area contributed by atoms with E-state index in [9.17, 15) is 13.2 Å². The van der Waals surface area contributed by atoms with Crippen LogP contribution in [0.5, 0.6) is 0 Å². The molecule has 0 amide bonds. The van der Waals surface area contributed by atoms with Gasteiger partial charge in [0.05, 0.1) is 0 Å². The van der Waals surface area contributed by atoms with Crippen molar-refractivity contribution in [1.29, 1.82) is 0 Å². The van der Waals surface area contributed by atoms with E-state index in [1.807, 2.05) is 0 Å². The Labute approximate surface area is 119 Å². The molecule has 0 aromatic rings. The quantitative estimate of drug-likeness (QED) is 0.742. The minimum absolute atomic E-state index is 0.133. The first kappa shape index (κ1) is 14.7. The predicted molar refractivity (Wildman–Crippen MR) is 73.4 cm³/mol. The van der Waals surface area contributed by atoms with Gasteiger partial charge < -0.3 is 5.32 Å². The molecule has 4 rings (SSSR count). The predicted octanol–water partition coefficient (Wildman–Crippen LogP) is 4.67. The van der Waals surface area contributed by atoms with Gasteiger partial charge in [-0.05, 0) is 68.2 Å². The molecule has 0 spiro atoms. The first-order valence-corrected chi connectivity index (χ1v) is 7.93. The molecule has 116 valence electrons. The molecule has 1 N–H and O–H groups in total. The van der Waals surface area contributed by atoms with Crippen molar-refractivity contribution in [2.45, 2.75) is 76.9 Å². The summed E-state index contributed by atoms with van der Waals surface area (Å²) in [6, 6.07) is 0. The molecule has 4 heteroatoms. The van der Waals surface area contributed by atoms with E-state index in [1.165, 1.54) is 25.7 Å². The Morgan fingerprint density at radius 3 is 2.10 bits per heavy atom. The van der Waals surface area contributed by atoms with Gasteiger partial charge in [-0.2, -0.15) is 13.2 Å². The van der Waals surface area contributed by atoms with Crippen molar-refractivity contribution in [3.05, 3.63) is 0 Å². The Bertz CT molecular complexity index is 372. The molecule has 0 heterocycles. The second-order valence-electron chi connectivity index (χ2n) is 8.56. The fourth-order valence-corrected chi connectivity index (χ4v) is 6.29. The Hall–Kier alpha value is -0.250. The molecule has 4 aliphatic rings. The topological polar surface area (TPSA) is 12.0 Å². The van der Waals surface area contributed by atoms with Gasteiger partial charge >= 0.3 is 6.18 Å². The van der Waals surface area contributed by atoms with Crippen molar-refractivity contribution >= 4 is 0 Å². The summed E-state index contributed by atoms with van der Waals surface area (Å²) in [7, 11) is 0. The summed E-state index contributed by atoms with van der Waals surface area (Å²) in [6.07, 6.45) is 3.02. The molecule has 20 heavy (non-hydrogen) atoms. The fourth-order valence-electron chi connectivity index (χ4n) is 6.29. The maximum Gasteiger partial charge on any atom is 0.389 e. The van der Waals surface area contributed by atoms with Gasteiger partial charge in [0.2, 0.25) is 0 Å². The van der Waals surface area contributed by atoms with Crippen molar-refractivity contribution in [1.82, 2.24) is 5.32 Å². The summed E-state index contributed by atoms with van der Waals surface area (Å²) in [4.78, 5) is 0. The van der Waals surface area contributed by atoms with Gasteiger partial charge in [0.1, 0.15) is 0 Å². The molecule has 0 radical (unpaired) electrons. The minimum Gasteiger partial charge on any atom is -0.311 e. The van der Waals surface area contributed by atoms with E-state index in [2.05, 4.69) is 19.2 Å². The van der Waals surface area contributed by atoms with E-state index in [4.69, 9.17) is 0 Å². The monoisotopic (exact) mass is 289 g/mol. The van der Waals surface area contributed by atoms with Crippen LogP contribution < -0.4 is 5.32 Å². The summed E-state index contributed by atoms with van der Waals surface area (Å²) in [5.41, 5.74) is 0.977. The van der Waals surface area contributed by atoms with Gasteiger partial charge in [-0.1, -0.05) is 13.8 Å². The number of rotatable bonds is 4. The van der Waals surface area contributed by atoms with Crippen molar-refractivity contribution in [2.75, 3.05) is 6.54 Å². The molecular formula is C16H26F3N. The fraction of sp³-hybridized carbons (Fsp3) is 1.00. The average molecular weight is 289 g/mol. The van der Waals surface area contributed by atoms with Crippen LogP contribution in [0.2, 0.25) is 0 Å². The van der Waals surface area contributed by atoms with Crippen molar-refractivity contribution < 1.29 is 13.2 Å². The normalized spacial score (nSPS) is 47.0. The summed E-state index contributed by atoms with van der Waals surface area (Å²) in [5, 5.41) is 3.55. The van der Waals surface area contributed by atoms with Crippen LogP contribution in [0, 0.1) is 16.7 Å². The number of halogens is 3. The third-order valence-electron chi connectivity index (χ3n) is 5.76. The third kappa shape index (κ3) is 2.86. The van der Waals surface area contributed by atoms with Gasteiger partial charge in [0, 0.05) is 12.0 Å². The number of hydrogen-bond acceptors (Lipinski definition) is 1. The minimum atomic E-state index is -4.01. The van der Waals surface area contributed by atoms with Gasteiger partial charge in [0.15, 0.2) is 0 Å². The summed E-state index contributed by atoms with van der Waals surface area (Å²) >= 11 is 0. The lowest BCUT2D eigenvalue weighted by atomic mass is 9.43. The lowest BCUT2D eigenvalue weighted by Gasteiger charge is -2.65. The second kappa shape index (κ2) is 4.37. The standard InChI is InChI=1S/C16H26F3N/c1-13-6-12-7-14(2,9-13)11-15(8-12,10-13)20-5-3-4-16(17,18)19/h12,20H,3-11H2,1-2H3. The van der Waals surface area contributed by atoms with E-state index in [0.717, 1.165) is 18.8 Å². The highest BCUT2D eigenvalue weighted by molar-refractivity contribution is 5.14. The molecule has 0 saturated heterocycles. The van der Waals surface area contributed by atoms with Crippen LogP contribution in [-0.2, 0) is 0 Å². The Morgan fingerprint density at radius 1 is 1.00 bits per heavy atom. The van der Waals surface area contributed by atoms with Crippen LogP contribution in [0.1, 0.15) is 65.2 Å². The van der Waals surface area contributed by atoms with Gasteiger partial charge in [0.25, 0.3) is 0 Å². The highest BCUT2D eigenvalue weighted by atomic mass is 19.4. The molecule has 4 saturated carbocycles. The molecule has 4 bridgehead atoms. The zero-order valence-corrected chi connectivity index (χ0v) is 12.6. The smallest absolute Gasteiger partial charge is 0.311 e. The van der Waals surface area contributed by atoms with Gasteiger partial charge in [-0.15, -0.1) is 0 Å².